The van der Waals surface area contributed by atoms with Crippen LogP contribution in [0, 0.1) is 6.92 Å². The van der Waals surface area contributed by atoms with Gasteiger partial charge in [-0.05, 0) is 18.1 Å². The molecule has 0 unspecified atom stereocenters. The molecule has 5 heteroatoms. The highest BCUT2D eigenvalue weighted by Crippen LogP contribution is 2.10. The van der Waals surface area contributed by atoms with Crippen LogP contribution in [0.4, 0.5) is 0 Å². The van der Waals surface area contributed by atoms with E-state index < -0.39 is 0 Å². The van der Waals surface area contributed by atoms with Gasteiger partial charge in [0.15, 0.2) is 0 Å². The molecule has 5 nitrogen and oxygen atoms in total. The zero-order valence-corrected chi connectivity index (χ0v) is 12.8. The Labute approximate surface area is 125 Å². The molecule has 1 heterocycles. The molecular formula is C16H23N3O2. The minimum atomic E-state index is 0.0229. The first-order valence-electron chi connectivity index (χ1n) is 7.35. The Kier molecular flexibility index (Phi) is 5.33. The van der Waals surface area contributed by atoms with Crippen LogP contribution in [0.2, 0.25) is 0 Å². The fraction of sp³-hybridized carbons (Fsp3) is 0.500. The van der Waals surface area contributed by atoms with Crippen LogP contribution in [-0.4, -0.2) is 61.4 Å². The molecule has 1 saturated heterocycles. The molecule has 114 valence electrons. The van der Waals surface area contributed by atoms with E-state index in [0.29, 0.717) is 26.1 Å². The summed E-state index contributed by atoms with van der Waals surface area (Å²) in [5.74, 6) is 0.193. The van der Waals surface area contributed by atoms with Crippen molar-refractivity contribution in [3.8, 4) is 0 Å². The predicted molar refractivity (Wildman–Crippen MR) is 82.0 cm³/mol. The van der Waals surface area contributed by atoms with Gasteiger partial charge in [0.1, 0.15) is 0 Å². The third-order valence-corrected chi connectivity index (χ3v) is 3.97. The second-order valence-electron chi connectivity index (χ2n) is 5.43. The predicted octanol–water partition coefficient (Wildman–Crippen LogP) is 0.428. The van der Waals surface area contributed by atoms with Gasteiger partial charge in [-0.1, -0.05) is 24.3 Å². The van der Waals surface area contributed by atoms with Crippen molar-refractivity contribution in [3.05, 3.63) is 35.4 Å². The van der Waals surface area contributed by atoms with Gasteiger partial charge in [0.25, 0.3) is 0 Å². The first-order chi connectivity index (χ1) is 10.1. The fourth-order valence-corrected chi connectivity index (χ4v) is 2.52. The zero-order valence-electron chi connectivity index (χ0n) is 12.8. The summed E-state index contributed by atoms with van der Waals surface area (Å²) in [4.78, 5) is 27.6. The van der Waals surface area contributed by atoms with E-state index in [4.69, 9.17) is 0 Å². The van der Waals surface area contributed by atoms with Crippen molar-refractivity contribution in [2.75, 3.05) is 39.8 Å². The van der Waals surface area contributed by atoms with Crippen molar-refractivity contribution < 1.29 is 9.59 Å². The summed E-state index contributed by atoms with van der Waals surface area (Å²) in [6.45, 7) is 5.35. The van der Waals surface area contributed by atoms with Crippen molar-refractivity contribution in [3.63, 3.8) is 0 Å². The molecule has 0 atom stereocenters. The first kappa shape index (κ1) is 15.5. The maximum absolute atomic E-state index is 12.3. The average Bonchev–Trinajstić information content (AvgIpc) is 2.50. The summed E-state index contributed by atoms with van der Waals surface area (Å²) in [6.07, 6.45) is 0.460. The van der Waals surface area contributed by atoms with Crippen LogP contribution >= 0.6 is 0 Å². The second-order valence-corrected chi connectivity index (χ2v) is 5.43. The Hall–Kier alpha value is -1.88. The molecule has 1 aromatic rings. The van der Waals surface area contributed by atoms with Gasteiger partial charge >= 0.3 is 0 Å². The summed E-state index contributed by atoms with van der Waals surface area (Å²) in [7, 11) is 1.64. The Bertz CT molecular complexity index is 508. The van der Waals surface area contributed by atoms with E-state index >= 15 is 0 Å². The molecule has 21 heavy (non-hydrogen) atoms. The van der Waals surface area contributed by atoms with Gasteiger partial charge in [-0.2, -0.15) is 0 Å². The maximum Gasteiger partial charge on any atom is 0.233 e. The summed E-state index contributed by atoms with van der Waals surface area (Å²) in [5, 5.41) is 2.62. The van der Waals surface area contributed by atoms with E-state index in [-0.39, 0.29) is 11.8 Å². The van der Waals surface area contributed by atoms with Gasteiger partial charge in [0.05, 0.1) is 13.0 Å². The van der Waals surface area contributed by atoms with Crippen LogP contribution < -0.4 is 5.32 Å². The van der Waals surface area contributed by atoms with Crippen LogP contribution in [0.5, 0.6) is 0 Å². The van der Waals surface area contributed by atoms with Gasteiger partial charge in [-0.3, -0.25) is 14.5 Å². The van der Waals surface area contributed by atoms with E-state index in [0.717, 1.165) is 24.2 Å². The highest BCUT2D eigenvalue weighted by molar-refractivity contribution is 5.79. The van der Waals surface area contributed by atoms with Gasteiger partial charge < -0.3 is 10.2 Å². The molecule has 0 saturated carbocycles. The van der Waals surface area contributed by atoms with Gasteiger partial charge in [0.2, 0.25) is 11.8 Å². The third-order valence-electron chi connectivity index (χ3n) is 3.97. The molecule has 1 aliphatic heterocycles. The molecule has 2 amide bonds. The number of carbonyl (C=O) groups is 2. The largest absolute Gasteiger partial charge is 0.358 e. The molecule has 0 bridgehead atoms. The van der Waals surface area contributed by atoms with E-state index in [1.54, 1.807) is 7.05 Å². The molecular weight excluding hydrogens is 266 g/mol. The average molecular weight is 289 g/mol. The SMILES string of the molecule is CNC(=O)CN1CCN(C(=O)Cc2ccccc2C)CC1. The van der Waals surface area contributed by atoms with Crippen molar-refractivity contribution >= 4 is 11.8 Å². The lowest BCUT2D eigenvalue weighted by Gasteiger charge is -2.34. The molecule has 1 aromatic carbocycles. The molecule has 2 rings (SSSR count). The zero-order chi connectivity index (χ0) is 15.2. The van der Waals surface area contributed by atoms with Gasteiger partial charge in [-0.15, -0.1) is 0 Å². The molecule has 0 aliphatic carbocycles. The quantitative estimate of drug-likeness (QED) is 0.874. The lowest BCUT2D eigenvalue weighted by molar-refractivity contribution is -0.132. The fourth-order valence-electron chi connectivity index (χ4n) is 2.52. The van der Waals surface area contributed by atoms with Crippen molar-refractivity contribution in [1.82, 2.24) is 15.1 Å². The topological polar surface area (TPSA) is 52.7 Å². The number of aryl methyl sites for hydroxylation is 1. The number of nitrogens with zero attached hydrogens (tertiary/aromatic N) is 2. The number of benzene rings is 1. The van der Waals surface area contributed by atoms with E-state index in [9.17, 15) is 9.59 Å². The molecule has 0 aromatic heterocycles. The van der Waals surface area contributed by atoms with Crippen molar-refractivity contribution in [2.45, 2.75) is 13.3 Å². The third kappa shape index (κ3) is 4.29. The summed E-state index contributed by atoms with van der Waals surface area (Å²) in [6, 6.07) is 8.00. The number of nitrogens with one attached hydrogen (secondary N) is 1. The van der Waals surface area contributed by atoms with Crippen LogP contribution in [0.1, 0.15) is 11.1 Å². The maximum atomic E-state index is 12.3. The molecule has 0 spiro atoms. The number of likely N-dealkylation sites (N-methyl/N-ethyl adjacent to an activating group) is 1. The smallest absolute Gasteiger partial charge is 0.233 e. The van der Waals surface area contributed by atoms with E-state index in [1.807, 2.05) is 36.1 Å². The van der Waals surface area contributed by atoms with Crippen molar-refractivity contribution in [2.24, 2.45) is 0 Å². The minimum absolute atomic E-state index is 0.0229. The number of hydrogen-bond donors (Lipinski definition) is 1. The van der Waals surface area contributed by atoms with Gasteiger partial charge in [0, 0.05) is 33.2 Å². The first-order valence-corrected chi connectivity index (χ1v) is 7.35. The second kappa shape index (κ2) is 7.22. The number of hydrogen-bond acceptors (Lipinski definition) is 3. The summed E-state index contributed by atoms with van der Waals surface area (Å²) in [5.41, 5.74) is 2.25. The number of amides is 2. The van der Waals surface area contributed by atoms with Crippen LogP contribution in [-0.2, 0) is 16.0 Å². The van der Waals surface area contributed by atoms with Gasteiger partial charge in [-0.25, -0.2) is 0 Å². The molecule has 1 aliphatic rings. The standard InChI is InChI=1S/C16H23N3O2/c1-13-5-3-4-6-14(13)11-16(21)19-9-7-18(8-10-19)12-15(20)17-2/h3-6H,7-12H2,1-2H3,(H,17,20). The monoisotopic (exact) mass is 289 g/mol. The van der Waals surface area contributed by atoms with E-state index in [1.165, 1.54) is 0 Å². The Morgan fingerprint density at radius 3 is 2.43 bits per heavy atom. The molecule has 1 N–H and O–H groups in total. The van der Waals surface area contributed by atoms with Crippen LogP contribution in [0.15, 0.2) is 24.3 Å². The van der Waals surface area contributed by atoms with Crippen LogP contribution in [0.25, 0.3) is 0 Å². The van der Waals surface area contributed by atoms with Crippen LogP contribution in [0.3, 0.4) is 0 Å². The Morgan fingerprint density at radius 2 is 1.81 bits per heavy atom. The lowest BCUT2D eigenvalue weighted by Crippen LogP contribution is -2.51. The molecule has 1 fully saturated rings. The molecule has 0 radical (unpaired) electrons. The number of piperazine rings is 1. The van der Waals surface area contributed by atoms with E-state index in [2.05, 4.69) is 10.2 Å². The highest BCUT2D eigenvalue weighted by Gasteiger charge is 2.22. The Balaban J connectivity index is 1.83. The lowest BCUT2D eigenvalue weighted by atomic mass is 10.1. The van der Waals surface area contributed by atoms with Crippen molar-refractivity contribution in [1.29, 1.82) is 0 Å². The summed E-state index contributed by atoms with van der Waals surface area (Å²) >= 11 is 0. The number of carbonyl (C=O) groups excluding carboxylic acids is 2. The normalized spacial score (nSPS) is 15.8. The summed E-state index contributed by atoms with van der Waals surface area (Å²) < 4.78 is 0. The highest BCUT2D eigenvalue weighted by atomic mass is 16.2. The Morgan fingerprint density at radius 1 is 1.14 bits per heavy atom. The minimum Gasteiger partial charge on any atom is -0.358 e. The number of rotatable bonds is 4.